The minimum Gasteiger partial charge on any atom is -0.484 e. The van der Waals surface area contributed by atoms with Crippen LogP contribution >= 0.6 is 11.6 Å². The third kappa shape index (κ3) is 6.93. The molecule has 1 aliphatic carbocycles. The molecule has 13 heteroatoms. The number of hydrogen-bond acceptors (Lipinski definition) is 6. The zero-order valence-corrected chi connectivity index (χ0v) is 19.6. The molecule has 1 aromatic heterocycles. The van der Waals surface area contributed by atoms with Gasteiger partial charge in [-0.1, -0.05) is 18.5 Å². The lowest BCUT2D eigenvalue weighted by Crippen LogP contribution is -2.70. The maximum atomic E-state index is 13.5. The monoisotopic (exact) mass is 518 g/mol. The van der Waals surface area contributed by atoms with Gasteiger partial charge >= 0.3 is 6.18 Å². The normalized spacial score (nSPS) is 21.6. The maximum absolute atomic E-state index is 13.5. The third-order valence-corrected chi connectivity index (χ3v) is 5.82. The van der Waals surface area contributed by atoms with E-state index in [1.165, 1.54) is 12.1 Å². The Kier molecular flexibility index (Phi) is 7.73. The minimum atomic E-state index is -4.62. The SMILES string of the molecule is CCC1(NC(=O)COc2cnc(C(F)(F)F)cn2)CC(C)(NC(=O)COc2ccc(Cl)c(F)c2)C1. The Labute approximate surface area is 203 Å². The molecule has 1 heterocycles. The lowest BCUT2D eigenvalue weighted by Gasteiger charge is -2.55. The van der Waals surface area contributed by atoms with Crippen LogP contribution in [0.2, 0.25) is 5.02 Å². The van der Waals surface area contributed by atoms with E-state index in [1.807, 2.05) is 13.8 Å². The van der Waals surface area contributed by atoms with E-state index in [2.05, 4.69) is 20.6 Å². The van der Waals surface area contributed by atoms with Crippen molar-refractivity contribution in [3.05, 3.63) is 47.1 Å². The predicted octanol–water partition coefficient (Wildman–Crippen LogP) is 3.68. The number of nitrogens with one attached hydrogen (secondary N) is 2. The summed E-state index contributed by atoms with van der Waals surface area (Å²) >= 11 is 5.61. The molecule has 8 nitrogen and oxygen atoms in total. The number of hydrogen-bond donors (Lipinski definition) is 2. The lowest BCUT2D eigenvalue weighted by atomic mass is 9.62. The molecule has 1 aliphatic rings. The lowest BCUT2D eigenvalue weighted by molar-refractivity contribution is -0.141. The second-order valence-corrected chi connectivity index (χ2v) is 8.94. The number of carbonyl (C=O) groups is 2. The molecule has 2 amide bonds. The van der Waals surface area contributed by atoms with Crippen LogP contribution in [0.3, 0.4) is 0 Å². The highest BCUT2D eigenvalue weighted by molar-refractivity contribution is 6.30. The first kappa shape index (κ1) is 26.5. The standard InChI is InChI=1S/C22H23ClF4N4O4/c1-3-21(31-18(33)10-35-19-8-28-16(7-29-19)22(25,26)27)11-20(2,12-21)30-17(32)9-34-13-4-5-14(23)15(24)6-13/h4-8H,3,9-12H2,1-2H3,(H,30,32)(H,31,33). The second kappa shape index (κ2) is 10.2. The van der Waals surface area contributed by atoms with Crippen LogP contribution in [-0.4, -0.2) is 46.1 Å². The molecule has 2 aromatic rings. The summed E-state index contributed by atoms with van der Waals surface area (Å²) in [4.78, 5) is 31.4. The Bertz CT molecular complexity index is 1080. The molecule has 1 saturated carbocycles. The van der Waals surface area contributed by atoms with Crippen molar-refractivity contribution in [3.63, 3.8) is 0 Å². The van der Waals surface area contributed by atoms with Crippen LogP contribution in [0.25, 0.3) is 0 Å². The van der Waals surface area contributed by atoms with Gasteiger partial charge in [-0.3, -0.25) is 9.59 Å². The van der Waals surface area contributed by atoms with Gasteiger partial charge in [-0.05, 0) is 38.3 Å². The van der Waals surface area contributed by atoms with Crippen molar-refractivity contribution in [2.45, 2.75) is 50.4 Å². The summed E-state index contributed by atoms with van der Waals surface area (Å²) in [5.74, 6) is -1.62. The van der Waals surface area contributed by atoms with Gasteiger partial charge in [0.25, 0.3) is 11.8 Å². The van der Waals surface area contributed by atoms with Gasteiger partial charge in [0.2, 0.25) is 5.88 Å². The summed E-state index contributed by atoms with van der Waals surface area (Å²) in [6, 6.07) is 3.85. The van der Waals surface area contributed by atoms with E-state index < -0.39 is 47.2 Å². The molecule has 0 saturated heterocycles. The van der Waals surface area contributed by atoms with Crippen molar-refractivity contribution in [2.24, 2.45) is 0 Å². The van der Waals surface area contributed by atoms with E-state index in [9.17, 15) is 27.2 Å². The molecule has 0 atom stereocenters. The fraction of sp³-hybridized carbons (Fsp3) is 0.455. The van der Waals surface area contributed by atoms with Crippen molar-refractivity contribution < 1.29 is 36.6 Å². The predicted molar refractivity (Wildman–Crippen MR) is 116 cm³/mol. The molecule has 3 rings (SSSR count). The minimum absolute atomic E-state index is 0.0561. The second-order valence-electron chi connectivity index (χ2n) is 8.54. The van der Waals surface area contributed by atoms with Crippen LogP contribution in [0.4, 0.5) is 17.6 Å². The number of nitrogens with zero attached hydrogens (tertiary/aromatic N) is 2. The van der Waals surface area contributed by atoms with Gasteiger partial charge in [0, 0.05) is 17.1 Å². The molecular formula is C22H23ClF4N4O4. The Morgan fingerprint density at radius 1 is 1.09 bits per heavy atom. The Morgan fingerprint density at radius 3 is 2.31 bits per heavy atom. The number of benzene rings is 1. The topological polar surface area (TPSA) is 102 Å². The Morgan fingerprint density at radius 2 is 1.74 bits per heavy atom. The van der Waals surface area contributed by atoms with Crippen LogP contribution in [-0.2, 0) is 15.8 Å². The number of amides is 2. The Balaban J connectivity index is 1.45. The molecule has 35 heavy (non-hydrogen) atoms. The van der Waals surface area contributed by atoms with Gasteiger partial charge in [-0.15, -0.1) is 0 Å². The van der Waals surface area contributed by atoms with Gasteiger partial charge < -0.3 is 20.1 Å². The molecule has 190 valence electrons. The van der Waals surface area contributed by atoms with Crippen molar-refractivity contribution in [1.29, 1.82) is 0 Å². The first-order valence-electron chi connectivity index (χ1n) is 10.5. The molecule has 1 fully saturated rings. The zero-order valence-electron chi connectivity index (χ0n) is 18.8. The van der Waals surface area contributed by atoms with Crippen molar-refractivity contribution in [2.75, 3.05) is 13.2 Å². The summed E-state index contributed by atoms with van der Waals surface area (Å²) in [7, 11) is 0. The van der Waals surface area contributed by atoms with Crippen molar-refractivity contribution in [3.8, 4) is 11.6 Å². The number of halogens is 5. The van der Waals surface area contributed by atoms with Crippen LogP contribution < -0.4 is 20.1 Å². The fourth-order valence-electron chi connectivity index (χ4n) is 4.05. The van der Waals surface area contributed by atoms with Crippen LogP contribution in [0.15, 0.2) is 30.6 Å². The fourth-order valence-corrected chi connectivity index (χ4v) is 4.17. The summed E-state index contributed by atoms with van der Waals surface area (Å²) in [6.45, 7) is 2.91. The third-order valence-electron chi connectivity index (χ3n) is 5.51. The molecule has 1 aromatic carbocycles. The smallest absolute Gasteiger partial charge is 0.434 e. The van der Waals surface area contributed by atoms with E-state index in [1.54, 1.807) is 0 Å². The first-order valence-corrected chi connectivity index (χ1v) is 10.9. The number of aromatic nitrogens is 2. The van der Waals surface area contributed by atoms with E-state index in [4.69, 9.17) is 21.1 Å². The van der Waals surface area contributed by atoms with Crippen LogP contribution in [0.5, 0.6) is 11.6 Å². The first-order chi connectivity index (χ1) is 16.3. The highest BCUT2D eigenvalue weighted by atomic mass is 35.5. The van der Waals surface area contributed by atoms with Gasteiger partial charge in [-0.25, -0.2) is 14.4 Å². The molecular weight excluding hydrogens is 496 g/mol. The molecule has 0 aliphatic heterocycles. The van der Waals surface area contributed by atoms with Gasteiger partial charge in [0.1, 0.15) is 11.6 Å². The molecule has 0 radical (unpaired) electrons. The van der Waals surface area contributed by atoms with E-state index in [-0.39, 0.29) is 23.3 Å². The number of alkyl halides is 3. The Hall–Kier alpha value is -3.15. The highest BCUT2D eigenvalue weighted by Gasteiger charge is 2.52. The van der Waals surface area contributed by atoms with E-state index in [0.717, 1.165) is 12.3 Å². The summed E-state index contributed by atoms with van der Waals surface area (Å²) in [6.07, 6.45) is -1.86. The van der Waals surface area contributed by atoms with E-state index >= 15 is 0 Å². The molecule has 0 unspecified atom stereocenters. The average Bonchev–Trinajstić information content (AvgIpc) is 2.77. The number of ether oxygens (including phenoxy) is 2. The highest BCUT2D eigenvalue weighted by Crippen LogP contribution is 2.43. The maximum Gasteiger partial charge on any atom is 0.434 e. The summed E-state index contributed by atoms with van der Waals surface area (Å²) < 4.78 is 61.5. The molecule has 0 spiro atoms. The number of carbonyl (C=O) groups excluding carboxylic acids is 2. The van der Waals surface area contributed by atoms with Crippen molar-refractivity contribution in [1.82, 2.24) is 20.6 Å². The molecule has 2 N–H and O–H groups in total. The van der Waals surface area contributed by atoms with Crippen molar-refractivity contribution >= 4 is 23.4 Å². The number of rotatable bonds is 9. The van der Waals surface area contributed by atoms with Crippen LogP contribution in [0.1, 0.15) is 38.8 Å². The van der Waals surface area contributed by atoms with E-state index in [0.29, 0.717) is 25.5 Å². The van der Waals surface area contributed by atoms with Gasteiger partial charge in [-0.2, -0.15) is 13.2 Å². The molecule has 0 bridgehead atoms. The van der Waals surface area contributed by atoms with Gasteiger partial charge in [0.15, 0.2) is 18.9 Å². The van der Waals surface area contributed by atoms with Gasteiger partial charge in [0.05, 0.1) is 17.4 Å². The largest absolute Gasteiger partial charge is 0.484 e. The summed E-state index contributed by atoms with van der Waals surface area (Å²) in [5.41, 5.74) is -2.36. The zero-order chi connectivity index (χ0) is 25.9. The quantitative estimate of drug-likeness (QED) is 0.491. The van der Waals surface area contributed by atoms with Crippen LogP contribution in [0, 0.1) is 5.82 Å². The average molecular weight is 519 g/mol. The summed E-state index contributed by atoms with van der Waals surface area (Å²) in [5, 5.41) is 5.65.